The van der Waals surface area contributed by atoms with E-state index < -0.39 is 10.9 Å². The molecule has 8 heteroatoms. The van der Waals surface area contributed by atoms with Crippen molar-refractivity contribution in [3.8, 4) is 11.5 Å². The monoisotopic (exact) mass is 313 g/mol. The Labute approximate surface area is 122 Å². The Bertz CT molecular complexity index is 670. The van der Waals surface area contributed by atoms with Gasteiger partial charge in [-0.15, -0.1) is 11.3 Å². The maximum Gasteiger partial charge on any atom is 0.353 e. The number of nitro benzene ring substituents is 1. The number of nitro groups is 1. The second kappa shape index (κ2) is 5.89. The maximum atomic E-state index is 11.9. The molecule has 0 amide bonds. The van der Waals surface area contributed by atoms with E-state index in [2.05, 4.69) is 0 Å². The Hall–Kier alpha value is -2.12. The summed E-state index contributed by atoms with van der Waals surface area (Å²) in [4.78, 5) is 22.3. The third kappa shape index (κ3) is 3.06. The SMILES string of the molecule is COc1ccc([N+](=O)[O-])cc1OC(=O)c1ccc(Cl)s1. The van der Waals surface area contributed by atoms with Crippen LogP contribution >= 0.6 is 22.9 Å². The molecule has 0 aliphatic heterocycles. The van der Waals surface area contributed by atoms with E-state index in [1.165, 1.54) is 25.3 Å². The normalized spacial score (nSPS) is 10.1. The number of ether oxygens (including phenoxy) is 2. The van der Waals surface area contributed by atoms with Crippen molar-refractivity contribution in [1.29, 1.82) is 0 Å². The summed E-state index contributed by atoms with van der Waals surface area (Å²) in [6, 6.07) is 6.83. The lowest BCUT2D eigenvalue weighted by Crippen LogP contribution is -2.07. The van der Waals surface area contributed by atoms with Crippen LogP contribution in [-0.4, -0.2) is 18.0 Å². The molecule has 0 saturated heterocycles. The number of carbonyl (C=O) groups is 1. The van der Waals surface area contributed by atoms with Gasteiger partial charge in [0.25, 0.3) is 5.69 Å². The van der Waals surface area contributed by atoms with E-state index in [-0.39, 0.29) is 17.2 Å². The second-order valence-corrected chi connectivity index (χ2v) is 5.30. The summed E-state index contributed by atoms with van der Waals surface area (Å²) in [7, 11) is 1.38. The molecular weight excluding hydrogens is 306 g/mol. The number of thiophene rings is 1. The lowest BCUT2D eigenvalue weighted by atomic mass is 10.3. The van der Waals surface area contributed by atoms with Crippen LogP contribution in [0, 0.1) is 10.1 Å². The van der Waals surface area contributed by atoms with Crippen molar-refractivity contribution in [3.63, 3.8) is 0 Å². The van der Waals surface area contributed by atoms with Gasteiger partial charge in [-0.1, -0.05) is 11.6 Å². The predicted molar refractivity (Wildman–Crippen MR) is 73.9 cm³/mol. The van der Waals surface area contributed by atoms with Crippen molar-refractivity contribution in [2.75, 3.05) is 7.11 Å². The fourth-order valence-corrected chi connectivity index (χ4v) is 2.35. The fourth-order valence-electron chi connectivity index (χ4n) is 1.43. The zero-order chi connectivity index (χ0) is 14.7. The summed E-state index contributed by atoms with van der Waals surface area (Å²) < 4.78 is 10.6. The zero-order valence-electron chi connectivity index (χ0n) is 10.2. The highest BCUT2D eigenvalue weighted by atomic mass is 35.5. The molecule has 1 heterocycles. The first-order chi connectivity index (χ1) is 9.51. The highest BCUT2D eigenvalue weighted by Gasteiger charge is 2.17. The van der Waals surface area contributed by atoms with Crippen molar-refractivity contribution in [2.24, 2.45) is 0 Å². The summed E-state index contributed by atoms with van der Waals surface area (Å²) >= 11 is 6.78. The largest absolute Gasteiger partial charge is 0.493 e. The third-order valence-corrected chi connectivity index (χ3v) is 3.55. The molecule has 2 rings (SSSR count). The summed E-state index contributed by atoms with van der Waals surface area (Å²) in [5, 5.41) is 10.7. The molecule has 104 valence electrons. The van der Waals surface area contributed by atoms with Crippen LogP contribution in [0.2, 0.25) is 4.34 Å². The van der Waals surface area contributed by atoms with Crippen molar-refractivity contribution >= 4 is 34.6 Å². The molecule has 0 unspecified atom stereocenters. The lowest BCUT2D eigenvalue weighted by molar-refractivity contribution is -0.384. The quantitative estimate of drug-likeness (QED) is 0.373. The first kappa shape index (κ1) is 14.3. The minimum absolute atomic E-state index is 0.0174. The number of hydrogen-bond donors (Lipinski definition) is 0. The Morgan fingerprint density at radius 1 is 1.30 bits per heavy atom. The number of halogens is 1. The summed E-state index contributed by atoms with van der Waals surface area (Å²) in [6.07, 6.45) is 0. The van der Waals surface area contributed by atoms with Gasteiger partial charge in [-0.3, -0.25) is 10.1 Å². The minimum Gasteiger partial charge on any atom is -0.493 e. The van der Waals surface area contributed by atoms with Crippen molar-refractivity contribution in [2.45, 2.75) is 0 Å². The van der Waals surface area contributed by atoms with E-state index in [0.29, 0.717) is 9.21 Å². The highest BCUT2D eigenvalue weighted by Crippen LogP contribution is 2.32. The Balaban J connectivity index is 2.29. The highest BCUT2D eigenvalue weighted by molar-refractivity contribution is 7.17. The molecule has 0 aliphatic rings. The van der Waals surface area contributed by atoms with Crippen LogP contribution in [0.1, 0.15) is 9.67 Å². The molecule has 1 aromatic carbocycles. The van der Waals surface area contributed by atoms with Crippen LogP contribution in [0.5, 0.6) is 11.5 Å². The summed E-state index contributed by atoms with van der Waals surface area (Å²) in [5.41, 5.74) is -0.196. The molecule has 0 spiro atoms. The lowest BCUT2D eigenvalue weighted by Gasteiger charge is -2.07. The Morgan fingerprint density at radius 2 is 2.05 bits per heavy atom. The van der Waals surface area contributed by atoms with E-state index in [1.54, 1.807) is 6.07 Å². The van der Waals surface area contributed by atoms with Gasteiger partial charge in [0.05, 0.1) is 22.4 Å². The van der Waals surface area contributed by atoms with Gasteiger partial charge in [-0.05, 0) is 18.2 Å². The fraction of sp³-hybridized carbons (Fsp3) is 0.0833. The van der Waals surface area contributed by atoms with Crippen molar-refractivity contribution < 1.29 is 19.2 Å². The predicted octanol–water partition coefficient (Wildman–Crippen LogP) is 3.54. The molecule has 0 N–H and O–H groups in total. The number of hydrogen-bond acceptors (Lipinski definition) is 6. The maximum absolute atomic E-state index is 11.9. The standard InChI is InChI=1S/C12H8ClNO5S/c1-18-8-3-2-7(14(16)17)6-9(8)19-12(15)10-4-5-11(13)20-10/h2-6H,1H3. The number of non-ortho nitro benzene ring substituents is 1. The van der Waals surface area contributed by atoms with Gasteiger partial charge in [0.15, 0.2) is 11.5 Å². The van der Waals surface area contributed by atoms with Crippen LogP contribution in [-0.2, 0) is 0 Å². The molecule has 0 fully saturated rings. The van der Waals surface area contributed by atoms with Gasteiger partial charge in [0, 0.05) is 6.07 Å². The number of rotatable bonds is 4. The van der Waals surface area contributed by atoms with Gasteiger partial charge in [0.2, 0.25) is 0 Å². The molecule has 0 bridgehead atoms. The first-order valence-corrected chi connectivity index (χ1v) is 6.50. The molecule has 20 heavy (non-hydrogen) atoms. The van der Waals surface area contributed by atoms with Gasteiger partial charge in [0.1, 0.15) is 4.88 Å². The van der Waals surface area contributed by atoms with Crippen LogP contribution in [0.4, 0.5) is 5.69 Å². The van der Waals surface area contributed by atoms with Crippen molar-refractivity contribution in [3.05, 3.63) is 49.7 Å². The Kier molecular flexibility index (Phi) is 4.21. The first-order valence-electron chi connectivity index (χ1n) is 5.31. The van der Waals surface area contributed by atoms with Crippen LogP contribution in [0.25, 0.3) is 0 Å². The van der Waals surface area contributed by atoms with Crippen LogP contribution < -0.4 is 9.47 Å². The smallest absolute Gasteiger partial charge is 0.353 e. The van der Waals surface area contributed by atoms with Crippen molar-refractivity contribution in [1.82, 2.24) is 0 Å². The Morgan fingerprint density at radius 3 is 2.60 bits per heavy atom. The third-order valence-electron chi connectivity index (χ3n) is 2.34. The minimum atomic E-state index is -0.652. The molecule has 0 aliphatic carbocycles. The van der Waals surface area contributed by atoms with E-state index in [0.717, 1.165) is 17.4 Å². The topological polar surface area (TPSA) is 78.7 Å². The average Bonchev–Trinajstić information content (AvgIpc) is 2.85. The number of esters is 1. The van der Waals surface area contributed by atoms with Gasteiger partial charge < -0.3 is 9.47 Å². The summed E-state index contributed by atoms with van der Waals surface area (Å²) in [6.45, 7) is 0. The van der Waals surface area contributed by atoms with Gasteiger partial charge in [-0.25, -0.2) is 4.79 Å². The van der Waals surface area contributed by atoms with E-state index in [1.807, 2.05) is 0 Å². The van der Waals surface area contributed by atoms with Crippen LogP contribution in [0.3, 0.4) is 0 Å². The van der Waals surface area contributed by atoms with Gasteiger partial charge in [-0.2, -0.15) is 0 Å². The number of nitrogens with zero attached hydrogens (tertiary/aromatic N) is 1. The van der Waals surface area contributed by atoms with E-state index >= 15 is 0 Å². The molecule has 2 aromatic rings. The molecule has 0 saturated carbocycles. The molecule has 0 radical (unpaired) electrons. The molecule has 1 aromatic heterocycles. The summed E-state index contributed by atoms with van der Waals surface area (Å²) in [5.74, 6) is -0.441. The number of methoxy groups -OCH3 is 1. The molecule has 0 atom stereocenters. The van der Waals surface area contributed by atoms with E-state index in [4.69, 9.17) is 21.1 Å². The number of benzene rings is 1. The average molecular weight is 314 g/mol. The molecular formula is C12H8ClNO5S. The zero-order valence-corrected chi connectivity index (χ0v) is 11.7. The molecule has 6 nitrogen and oxygen atoms in total. The second-order valence-electron chi connectivity index (χ2n) is 3.59. The van der Waals surface area contributed by atoms with Gasteiger partial charge >= 0.3 is 5.97 Å². The van der Waals surface area contributed by atoms with Crippen LogP contribution in [0.15, 0.2) is 30.3 Å². The number of carbonyl (C=O) groups excluding carboxylic acids is 1. The van der Waals surface area contributed by atoms with E-state index in [9.17, 15) is 14.9 Å².